The Kier molecular flexibility index (Phi) is 5.94. The van der Waals surface area contributed by atoms with Crippen LogP contribution in [0.1, 0.15) is 40.7 Å². The van der Waals surface area contributed by atoms with Gasteiger partial charge in [0, 0.05) is 18.7 Å². The average molecular weight is 353 g/mol. The number of piperidine rings is 1. The highest BCUT2D eigenvalue weighted by Gasteiger charge is 2.28. The molecule has 2 aromatic rings. The second-order valence-corrected chi connectivity index (χ2v) is 7.22. The third-order valence-corrected chi connectivity index (χ3v) is 5.40. The minimum absolute atomic E-state index is 0.0440. The molecule has 4 heteroatoms. The molecule has 1 heterocycles. The number of phenols is 1. The van der Waals surface area contributed by atoms with Gasteiger partial charge in [0.1, 0.15) is 5.75 Å². The molecular formula is C22H27NO3. The van der Waals surface area contributed by atoms with E-state index >= 15 is 0 Å². The molecule has 0 aromatic heterocycles. The molecule has 0 spiro atoms. The first-order valence-corrected chi connectivity index (χ1v) is 9.35. The van der Waals surface area contributed by atoms with Crippen molar-refractivity contribution in [3.05, 3.63) is 65.2 Å². The zero-order valence-corrected chi connectivity index (χ0v) is 15.3. The van der Waals surface area contributed by atoms with Crippen LogP contribution in [-0.4, -0.2) is 40.2 Å². The maximum Gasteiger partial charge on any atom is 0.253 e. The van der Waals surface area contributed by atoms with Gasteiger partial charge in [-0.15, -0.1) is 0 Å². The maximum atomic E-state index is 12.6. The quantitative estimate of drug-likeness (QED) is 0.864. The number of likely N-dealkylation sites (tertiary alicyclic amines) is 1. The molecule has 1 amide bonds. The van der Waals surface area contributed by atoms with Gasteiger partial charge in [-0.1, -0.05) is 36.4 Å². The normalized spacial score (nSPS) is 16.5. The minimum atomic E-state index is -0.323. The molecule has 1 fully saturated rings. The molecule has 0 aliphatic carbocycles. The Morgan fingerprint density at radius 1 is 1.15 bits per heavy atom. The summed E-state index contributed by atoms with van der Waals surface area (Å²) < 4.78 is 0. The highest BCUT2D eigenvalue weighted by molar-refractivity contribution is 5.94. The summed E-state index contributed by atoms with van der Waals surface area (Å²) in [6.07, 6.45) is 2.95. The molecule has 2 N–H and O–H groups in total. The van der Waals surface area contributed by atoms with E-state index in [4.69, 9.17) is 0 Å². The number of carbonyl (C=O) groups excluding carboxylic acids is 1. The summed E-state index contributed by atoms with van der Waals surface area (Å²) in [6.45, 7) is 3.12. The molecule has 1 saturated heterocycles. The van der Waals surface area contributed by atoms with E-state index in [2.05, 4.69) is 12.1 Å². The SMILES string of the molecule is Cc1ccc(C(=O)N2CCC([C@H](O)CCc3ccccc3)CC2)cc1O. The van der Waals surface area contributed by atoms with E-state index in [1.807, 2.05) is 30.0 Å². The Labute approximate surface area is 155 Å². The number of rotatable bonds is 5. The second kappa shape index (κ2) is 8.37. The molecule has 138 valence electrons. The number of carbonyl (C=O) groups is 1. The number of aromatic hydroxyl groups is 1. The van der Waals surface area contributed by atoms with Crippen molar-refractivity contribution < 1.29 is 15.0 Å². The molecule has 1 aliphatic rings. The van der Waals surface area contributed by atoms with Crippen LogP contribution in [0.5, 0.6) is 5.75 Å². The summed E-state index contributed by atoms with van der Waals surface area (Å²) in [4.78, 5) is 14.4. The first kappa shape index (κ1) is 18.5. The zero-order valence-electron chi connectivity index (χ0n) is 15.3. The van der Waals surface area contributed by atoms with Crippen molar-refractivity contribution in [2.24, 2.45) is 5.92 Å². The van der Waals surface area contributed by atoms with Gasteiger partial charge >= 0.3 is 0 Å². The predicted molar refractivity (Wildman–Crippen MR) is 102 cm³/mol. The fourth-order valence-electron chi connectivity index (χ4n) is 3.61. The van der Waals surface area contributed by atoms with Crippen LogP contribution >= 0.6 is 0 Å². The molecule has 4 nitrogen and oxygen atoms in total. The van der Waals surface area contributed by atoms with Crippen molar-refractivity contribution in [2.75, 3.05) is 13.1 Å². The second-order valence-electron chi connectivity index (χ2n) is 7.22. The molecule has 0 radical (unpaired) electrons. The van der Waals surface area contributed by atoms with E-state index in [1.54, 1.807) is 18.2 Å². The van der Waals surface area contributed by atoms with E-state index in [9.17, 15) is 15.0 Å². The van der Waals surface area contributed by atoms with Gasteiger partial charge in [-0.2, -0.15) is 0 Å². The monoisotopic (exact) mass is 353 g/mol. The Morgan fingerprint density at radius 3 is 2.50 bits per heavy atom. The molecule has 0 bridgehead atoms. The lowest BCUT2D eigenvalue weighted by molar-refractivity contribution is 0.0436. The fourth-order valence-corrected chi connectivity index (χ4v) is 3.61. The summed E-state index contributed by atoms with van der Waals surface area (Å²) in [5.41, 5.74) is 2.54. The first-order valence-electron chi connectivity index (χ1n) is 9.35. The van der Waals surface area contributed by atoms with Gasteiger partial charge < -0.3 is 15.1 Å². The molecule has 1 aliphatic heterocycles. The van der Waals surface area contributed by atoms with E-state index in [0.29, 0.717) is 18.7 Å². The van der Waals surface area contributed by atoms with Gasteiger partial charge in [0.25, 0.3) is 5.91 Å². The molecule has 26 heavy (non-hydrogen) atoms. The van der Waals surface area contributed by atoms with E-state index in [0.717, 1.165) is 31.2 Å². The van der Waals surface area contributed by atoms with Gasteiger partial charge in [0.2, 0.25) is 0 Å². The Morgan fingerprint density at radius 2 is 1.85 bits per heavy atom. The summed E-state index contributed by atoms with van der Waals surface area (Å²) in [5, 5.41) is 20.3. The molecule has 1 atom stereocenters. The van der Waals surface area contributed by atoms with Gasteiger partial charge in [-0.25, -0.2) is 0 Å². The minimum Gasteiger partial charge on any atom is -0.508 e. The number of hydrogen-bond donors (Lipinski definition) is 2. The number of hydrogen-bond acceptors (Lipinski definition) is 3. The lowest BCUT2D eigenvalue weighted by atomic mass is 9.88. The molecule has 0 unspecified atom stereocenters. The lowest BCUT2D eigenvalue weighted by Gasteiger charge is -2.34. The molecular weight excluding hydrogens is 326 g/mol. The topological polar surface area (TPSA) is 60.8 Å². The van der Waals surface area contributed by atoms with E-state index in [-0.39, 0.29) is 23.7 Å². The van der Waals surface area contributed by atoms with Crippen molar-refractivity contribution in [1.82, 2.24) is 4.90 Å². The van der Waals surface area contributed by atoms with Gasteiger partial charge in [0.05, 0.1) is 6.10 Å². The smallest absolute Gasteiger partial charge is 0.253 e. The van der Waals surface area contributed by atoms with Crippen LogP contribution in [0.2, 0.25) is 0 Å². The number of aryl methyl sites for hydroxylation is 2. The Bertz CT molecular complexity index is 736. The third kappa shape index (κ3) is 4.44. The summed E-state index contributed by atoms with van der Waals surface area (Å²) in [6, 6.07) is 15.3. The predicted octanol–water partition coefficient (Wildman–Crippen LogP) is 3.55. The molecule has 3 rings (SSSR count). The Hall–Kier alpha value is -2.33. The number of aliphatic hydroxyl groups excluding tert-OH is 1. The third-order valence-electron chi connectivity index (χ3n) is 5.40. The van der Waals surface area contributed by atoms with Crippen LogP contribution in [0, 0.1) is 12.8 Å². The van der Waals surface area contributed by atoms with Crippen LogP contribution in [0.3, 0.4) is 0 Å². The first-order chi connectivity index (χ1) is 12.5. The zero-order chi connectivity index (χ0) is 18.5. The van der Waals surface area contributed by atoms with Crippen LogP contribution in [0.15, 0.2) is 48.5 Å². The highest BCUT2D eigenvalue weighted by Crippen LogP contribution is 2.25. The number of phenolic OH excluding ortho intramolecular Hbond substituents is 1. The number of aliphatic hydroxyl groups is 1. The number of benzene rings is 2. The lowest BCUT2D eigenvalue weighted by Crippen LogP contribution is -2.41. The number of nitrogens with zero attached hydrogens (tertiary/aromatic N) is 1. The van der Waals surface area contributed by atoms with Gasteiger partial charge in [-0.3, -0.25) is 4.79 Å². The Balaban J connectivity index is 1.50. The summed E-state index contributed by atoms with van der Waals surface area (Å²) in [5.74, 6) is 0.355. The van der Waals surface area contributed by atoms with Crippen molar-refractivity contribution in [3.63, 3.8) is 0 Å². The fraction of sp³-hybridized carbons (Fsp3) is 0.409. The van der Waals surface area contributed by atoms with E-state index < -0.39 is 0 Å². The molecule has 2 aromatic carbocycles. The van der Waals surface area contributed by atoms with Crippen LogP contribution < -0.4 is 0 Å². The number of amides is 1. The highest BCUT2D eigenvalue weighted by atomic mass is 16.3. The van der Waals surface area contributed by atoms with E-state index in [1.165, 1.54) is 5.56 Å². The van der Waals surface area contributed by atoms with Crippen LogP contribution in [0.4, 0.5) is 0 Å². The standard InChI is InChI=1S/C22H27NO3/c1-16-7-9-19(15-21(16)25)22(26)23-13-11-18(12-14-23)20(24)10-8-17-5-3-2-4-6-17/h2-7,9,15,18,20,24-25H,8,10-14H2,1H3/t20-/m1/s1. The van der Waals surface area contributed by atoms with Gasteiger partial charge in [0.15, 0.2) is 0 Å². The van der Waals surface area contributed by atoms with Gasteiger partial charge in [-0.05, 0) is 61.8 Å². The maximum absolute atomic E-state index is 12.6. The van der Waals surface area contributed by atoms with Crippen molar-refractivity contribution in [1.29, 1.82) is 0 Å². The largest absolute Gasteiger partial charge is 0.508 e. The van der Waals surface area contributed by atoms with Crippen LogP contribution in [-0.2, 0) is 6.42 Å². The van der Waals surface area contributed by atoms with Crippen molar-refractivity contribution in [2.45, 2.75) is 38.7 Å². The van der Waals surface area contributed by atoms with Crippen molar-refractivity contribution in [3.8, 4) is 5.75 Å². The van der Waals surface area contributed by atoms with Crippen molar-refractivity contribution >= 4 is 5.91 Å². The summed E-state index contributed by atoms with van der Waals surface area (Å²) in [7, 11) is 0. The summed E-state index contributed by atoms with van der Waals surface area (Å²) >= 11 is 0. The molecule has 0 saturated carbocycles. The average Bonchev–Trinajstić information content (AvgIpc) is 2.68. The van der Waals surface area contributed by atoms with Crippen LogP contribution in [0.25, 0.3) is 0 Å².